The van der Waals surface area contributed by atoms with Crippen molar-refractivity contribution in [3.05, 3.63) is 29.3 Å². The average Bonchev–Trinajstić information content (AvgIpc) is 2.40. The minimum Gasteiger partial charge on any atom is -0.478 e. The number of ether oxygens (including phenoxy) is 1. The fraction of sp³-hybridized carbons (Fsp3) is 0.500. The lowest BCUT2D eigenvalue weighted by Gasteiger charge is -2.39. The number of alkyl halides is 3. The maximum Gasteiger partial charge on any atom is 0.418 e. The third kappa shape index (κ3) is 3.29. The van der Waals surface area contributed by atoms with Gasteiger partial charge in [-0.05, 0) is 32.0 Å². The highest BCUT2D eigenvalue weighted by Gasteiger charge is 2.37. The van der Waals surface area contributed by atoms with Crippen molar-refractivity contribution in [3.8, 4) is 0 Å². The zero-order valence-corrected chi connectivity index (χ0v) is 11.6. The highest BCUT2D eigenvalue weighted by molar-refractivity contribution is 5.88. The number of carbonyl (C=O) groups is 1. The summed E-state index contributed by atoms with van der Waals surface area (Å²) in [4.78, 5) is 12.5. The number of carboxylic acid groups (broad SMARTS) is 1. The van der Waals surface area contributed by atoms with Gasteiger partial charge in [-0.25, -0.2) is 4.79 Å². The van der Waals surface area contributed by atoms with Crippen molar-refractivity contribution in [1.29, 1.82) is 0 Å². The molecule has 1 saturated heterocycles. The minimum atomic E-state index is -4.61. The van der Waals surface area contributed by atoms with Crippen LogP contribution in [0, 0.1) is 0 Å². The molecule has 2 rings (SSSR count). The van der Waals surface area contributed by atoms with Crippen molar-refractivity contribution < 1.29 is 27.8 Å². The quantitative estimate of drug-likeness (QED) is 0.912. The topological polar surface area (TPSA) is 49.8 Å². The van der Waals surface area contributed by atoms with Crippen molar-refractivity contribution in [1.82, 2.24) is 0 Å². The van der Waals surface area contributed by atoms with Gasteiger partial charge >= 0.3 is 12.1 Å². The Morgan fingerprint density at radius 3 is 2.62 bits per heavy atom. The molecule has 1 fully saturated rings. The van der Waals surface area contributed by atoms with Gasteiger partial charge in [0.05, 0.1) is 23.8 Å². The SMILES string of the molecule is CC1CN(c2ccc(C(=O)O)cc2C(F)(F)F)C(C)CO1. The maximum absolute atomic E-state index is 13.2. The van der Waals surface area contributed by atoms with Gasteiger partial charge in [0.15, 0.2) is 0 Å². The third-order valence-electron chi connectivity index (χ3n) is 3.47. The van der Waals surface area contributed by atoms with Gasteiger partial charge in [-0.2, -0.15) is 13.2 Å². The molecule has 0 aromatic heterocycles. The summed E-state index contributed by atoms with van der Waals surface area (Å²) in [6, 6.07) is 2.89. The van der Waals surface area contributed by atoms with Crippen molar-refractivity contribution in [2.24, 2.45) is 0 Å². The molecular weight excluding hydrogens is 287 g/mol. The van der Waals surface area contributed by atoms with E-state index in [-0.39, 0.29) is 23.4 Å². The van der Waals surface area contributed by atoms with Crippen LogP contribution < -0.4 is 4.90 Å². The highest BCUT2D eigenvalue weighted by Crippen LogP contribution is 2.38. The standard InChI is InChI=1S/C14H16F3NO3/c1-8-7-21-9(2)6-18(8)12-4-3-10(13(19)20)5-11(12)14(15,16)17/h3-5,8-9H,6-7H2,1-2H3,(H,19,20). The first kappa shape index (κ1) is 15.6. The van der Waals surface area contributed by atoms with Crippen LogP contribution in [-0.2, 0) is 10.9 Å². The van der Waals surface area contributed by atoms with Gasteiger partial charge in [0.25, 0.3) is 0 Å². The molecule has 0 bridgehead atoms. The number of benzene rings is 1. The molecule has 116 valence electrons. The van der Waals surface area contributed by atoms with Crippen LogP contribution in [-0.4, -0.2) is 36.4 Å². The molecule has 21 heavy (non-hydrogen) atoms. The number of rotatable bonds is 2. The summed E-state index contributed by atoms with van der Waals surface area (Å²) >= 11 is 0. The molecule has 1 heterocycles. The lowest BCUT2D eigenvalue weighted by Crippen LogP contribution is -2.48. The zero-order valence-electron chi connectivity index (χ0n) is 11.6. The normalized spacial score (nSPS) is 23.2. The Balaban J connectivity index is 2.49. The van der Waals surface area contributed by atoms with Gasteiger partial charge in [0.2, 0.25) is 0 Å². The molecule has 2 unspecified atom stereocenters. The molecule has 1 aliphatic rings. The van der Waals surface area contributed by atoms with Crippen LogP contribution in [0.15, 0.2) is 18.2 Å². The van der Waals surface area contributed by atoms with Crippen LogP contribution in [0.3, 0.4) is 0 Å². The van der Waals surface area contributed by atoms with Crippen molar-refractivity contribution in [2.75, 3.05) is 18.1 Å². The van der Waals surface area contributed by atoms with Crippen LogP contribution >= 0.6 is 0 Å². The lowest BCUT2D eigenvalue weighted by molar-refractivity contribution is -0.137. The van der Waals surface area contributed by atoms with Gasteiger partial charge < -0.3 is 14.7 Å². The summed E-state index contributed by atoms with van der Waals surface area (Å²) in [6.07, 6.45) is -4.79. The van der Waals surface area contributed by atoms with E-state index in [1.165, 1.54) is 12.1 Å². The second-order valence-corrected chi connectivity index (χ2v) is 5.18. The van der Waals surface area contributed by atoms with E-state index in [1.54, 1.807) is 18.7 Å². The van der Waals surface area contributed by atoms with Crippen LogP contribution in [0.1, 0.15) is 29.8 Å². The molecule has 0 amide bonds. The number of hydrogen-bond acceptors (Lipinski definition) is 3. The summed E-state index contributed by atoms with van der Waals surface area (Å²) in [7, 11) is 0. The van der Waals surface area contributed by atoms with E-state index in [2.05, 4.69) is 0 Å². The third-order valence-corrected chi connectivity index (χ3v) is 3.47. The fourth-order valence-corrected chi connectivity index (χ4v) is 2.39. The molecule has 1 aromatic rings. The first-order valence-electron chi connectivity index (χ1n) is 6.53. The van der Waals surface area contributed by atoms with E-state index in [4.69, 9.17) is 9.84 Å². The summed E-state index contributed by atoms with van der Waals surface area (Å²) in [5.74, 6) is -1.38. The number of morpholine rings is 1. The first-order chi connectivity index (χ1) is 9.70. The van der Waals surface area contributed by atoms with E-state index in [0.717, 1.165) is 0 Å². The van der Waals surface area contributed by atoms with Gasteiger partial charge in [0, 0.05) is 18.3 Å². The Labute approximate surface area is 120 Å². The smallest absolute Gasteiger partial charge is 0.418 e. The Morgan fingerprint density at radius 2 is 2.05 bits per heavy atom. The van der Waals surface area contributed by atoms with E-state index in [9.17, 15) is 18.0 Å². The molecular formula is C14H16F3NO3. The fourth-order valence-electron chi connectivity index (χ4n) is 2.39. The summed E-state index contributed by atoms with van der Waals surface area (Å²) in [5, 5.41) is 8.87. The molecule has 1 N–H and O–H groups in total. The van der Waals surface area contributed by atoms with E-state index in [1.807, 2.05) is 0 Å². The van der Waals surface area contributed by atoms with Crippen LogP contribution in [0.25, 0.3) is 0 Å². The second-order valence-electron chi connectivity index (χ2n) is 5.18. The number of aromatic carboxylic acids is 1. The lowest BCUT2D eigenvalue weighted by atomic mass is 10.0. The molecule has 2 atom stereocenters. The Hall–Kier alpha value is -1.76. The second kappa shape index (κ2) is 5.55. The number of hydrogen-bond donors (Lipinski definition) is 1. The summed E-state index contributed by atoms with van der Waals surface area (Å²) in [5.41, 5.74) is -1.31. The predicted octanol–water partition coefficient (Wildman–Crippen LogP) is 3.02. The van der Waals surface area contributed by atoms with E-state index >= 15 is 0 Å². The molecule has 7 heteroatoms. The minimum absolute atomic E-state index is 0.00449. The Kier molecular flexibility index (Phi) is 4.13. The number of halogens is 3. The molecule has 0 saturated carbocycles. The predicted molar refractivity (Wildman–Crippen MR) is 70.6 cm³/mol. The van der Waals surface area contributed by atoms with Gasteiger partial charge in [-0.1, -0.05) is 0 Å². The maximum atomic E-state index is 13.2. The zero-order chi connectivity index (χ0) is 15.8. The molecule has 0 aliphatic carbocycles. The van der Waals surface area contributed by atoms with Gasteiger partial charge in [-0.3, -0.25) is 0 Å². The largest absolute Gasteiger partial charge is 0.478 e. The average molecular weight is 303 g/mol. The molecule has 0 radical (unpaired) electrons. The van der Waals surface area contributed by atoms with Gasteiger partial charge in [-0.15, -0.1) is 0 Å². The molecule has 1 aliphatic heterocycles. The molecule has 0 spiro atoms. The molecule has 1 aromatic carbocycles. The van der Waals surface area contributed by atoms with Crippen LogP contribution in [0.5, 0.6) is 0 Å². The number of nitrogens with zero attached hydrogens (tertiary/aromatic N) is 1. The van der Waals surface area contributed by atoms with Crippen molar-refractivity contribution in [2.45, 2.75) is 32.2 Å². The number of carboxylic acids is 1. The Morgan fingerprint density at radius 1 is 1.38 bits per heavy atom. The number of anilines is 1. The van der Waals surface area contributed by atoms with E-state index < -0.39 is 17.7 Å². The van der Waals surface area contributed by atoms with E-state index in [0.29, 0.717) is 19.2 Å². The monoisotopic (exact) mass is 303 g/mol. The Bertz CT molecular complexity index is 545. The van der Waals surface area contributed by atoms with Crippen molar-refractivity contribution in [3.63, 3.8) is 0 Å². The first-order valence-corrected chi connectivity index (χ1v) is 6.53. The molecule has 4 nitrogen and oxygen atoms in total. The highest BCUT2D eigenvalue weighted by atomic mass is 19.4. The van der Waals surface area contributed by atoms with Crippen LogP contribution in [0.4, 0.5) is 18.9 Å². The van der Waals surface area contributed by atoms with Crippen LogP contribution in [0.2, 0.25) is 0 Å². The summed E-state index contributed by atoms with van der Waals surface area (Å²) in [6.45, 7) is 4.23. The van der Waals surface area contributed by atoms with Gasteiger partial charge in [0.1, 0.15) is 0 Å². The summed E-state index contributed by atoms with van der Waals surface area (Å²) < 4.78 is 45.1. The van der Waals surface area contributed by atoms with Crippen molar-refractivity contribution >= 4 is 11.7 Å².